The summed E-state index contributed by atoms with van der Waals surface area (Å²) in [6.45, 7) is 0.276. The molecule has 0 bridgehead atoms. The number of primary amides is 1. The Morgan fingerprint density at radius 1 is 1.07 bits per heavy atom. The molecule has 0 radical (unpaired) electrons. The molecule has 2 N–H and O–H groups in total. The van der Waals surface area contributed by atoms with Crippen molar-refractivity contribution in [3.8, 4) is 0 Å². The smallest absolute Gasteiger partial charge is 0.261 e. The number of likely N-dealkylation sites (N-methyl/N-ethyl adjacent to an activating group) is 1. The summed E-state index contributed by atoms with van der Waals surface area (Å²) in [5.41, 5.74) is 7.13. The molecule has 2 fully saturated rings. The number of hydroxylamine groups is 2. The van der Waals surface area contributed by atoms with E-state index in [0.29, 0.717) is 11.1 Å². The number of carbonyl (C=O) groups excluding carboxylic acids is 3. The van der Waals surface area contributed by atoms with Crippen LogP contribution in [0.1, 0.15) is 27.5 Å². The molecular formula is C20H18FN3O4. The molecule has 0 spiro atoms. The van der Waals surface area contributed by atoms with E-state index in [1.165, 1.54) is 19.2 Å². The molecule has 28 heavy (non-hydrogen) atoms. The minimum atomic E-state index is -0.905. The van der Waals surface area contributed by atoms with Crippen LogP contribution >= 0.6 is 0 Å². The Labute approximate surface area is 160 Å². The van der Waals surface area contributed by atoms with Gasteiger partial charge in [-0.05, 0) is 35.4 Å². The van der Waals surface area contributed by atoms with Crippen LogP contribution in [0.4, 0.5) is 4.39 Å². The summed E-state index contributed by atoms with van der Waals surface area (Å²) in [5.74, 6) is -2.34. The Bertz CT molecular complexity index is 945. The van der Waals surface area contributed by atoms with Crippen molar-refractivity contribution in [2.75, 3.05) is 7.05 Å². The molecule has 2 saturated heterocycles. The number of rotatable bonds is 4. The van der Waals surface area contributed by atoms with Crippen LogP contribution in [0.3, 0.4) is 0 Å². The second-order valence-electron chi connectivity index (χ2n) is 6.92. The lowest BCUT2D eigenvalue weighted by molar-refractivity contribution is -0.183. The van der Waals surface area contributed by atoms with Crippen LogP contribution in [0.15, 0.2) is 48.5 Å². The Morgan fingerprint density at radius 3 is 2.32 bits per heavy atom. The van der Waals surface area contributed by atoms with E-state index in [2.05, 4.69) is 0 Å². The van der Waals surface area contributed by atoms with Gasteiger partial charge in [0.15, 0.2) is 6.10 Å². The average Bonchev–Trinajstić information content (AvgIpc) is 3.14. The van der Waals surface area contributed by atoms with E-state index in [4.69, 9.17) is 10.6 Å². The highest BCUT2D eigenvalue weighted by Gasteiger charge is 2.58. The first-order chi connectivity index (χ1) is 13.4. The fraction of sp³-hybridized carbons (Fsp3) is 0.250. The van der Waals surface area contributed by atoms with Crippen molar-refractivity contribution in [2.24, 2.45) is 11.7 Å². The number of amides is 3. The van der Waals surface area contributed by atoms with E-state index in [9.17, 15) is 18.8 Å². The number of hydrogen-bond acceptors (Lipinski definition) is 5. The molecule has 0 aromatic heterocycles. The molecule has 3 unspecified atom stereocenters. The van der Waals surface area contributed by atoms with Gasteiger partial charge in [0.25, 0.3) is 5.91 Å². The number of hydrogen-bond donors (Lipinski definition) is 1. The standard InChI is InChI=1S/C20H18FN3O4/c1-23-19(26)15-16(12-6-8-14(21)9-7-12)24(28-17(15)20(23)27)10-11-2-4-13(5-3-11)18(22)25/h2-9,15-17H,10H2,1H3,(H2,22,25). The van der Waals surface area contributed by atoms with Gasteiger partial charge in [-0.15, -0.1) is 0 Å². The van der Waals surface area contributed by atoms with Gasteiger partial charge in [0.05, 0.1) is 12.0 Å². The number of carbonyl (C=O) groups is 3. The second kappa shape index (κ2) is 6.81. The Morgan fingerprint density at radius 2 is 1.71 bits per heavy atom. The molecule has 2 aromatic carbocycles. The van der Waals surface area contributed by atoms with E-state index >= 15 is 0 Å². The van der Waals surface area contributed by atoms with E-state index < -0.39 is 35.7 Å². The third-order valence-electron chi connectivity index (χ3n) is 5.20. The second-order valence-corrected chi connectivity index (χ2v) is 6.92. The van der Waals surface area contributed by atoms with Crippen molar-refractivity contribution < 1.29 is 23.6 Å². The molecule has 0 aliphatic carbocycles. The summed E-state index contributed by atoms with van der Waals surface area (Å²) in [7, 11) is 1.43. The lowest BCUT2D eigenvalue weighted by atomic mass is 9.90. The summed E-state index contributed by atoms with van der Waals surface area (Å²) in [5, 5.41) is 1.57. The minimum absolute atomic E-state index is 0.276. The number of benzene rings is 2. The first kappa shape index (κ1) is 18.3. The number of nitrogens with two attached hydrogens (primary N) is 1. The van der Waals surface area contributed by atoms with Gasteiger partial charge in [-0.3, -0.25) is 24.1 Å². The number of halogens is 1. The predicted molar refractivity (Wildman–Crippen MR) is 95.8 cm³/mol. The normalized spacial score (nSPS) is 24.6. The van der Waals surface area contributed by atoms with E-state index in [1.54, 1.807) is 41.5 Å². The van der Waals surface area contributed by atoms with Crippen LogP contribution in [0, 0.1) is 11.7 Å². The van der Waals surface area contributed by atoms with Gasteiger partial charge in [0.2, 0.25) is 11.8 Å². The average molecular weight is 383 g/mol. The van der Waals surface area contributed by atoms with Crippen molar-refractivity contribution in [3.63, 3.8) is 0 Å². The van der Waals surface area contributed by atoms with Crippen LogP contribution in [-0.2, 0) is 21.0 Å². The van der Waals surface area contributed by atoms with Gasteiger partial charge in [-0.25, -0.2) is 4.39 Å². The highest BCUT2D eigenvalue weighted by Crippen LogP contribution is 2.44. The van der Waals surface area contributed by atoms with E-state index in [-0.39, 0.29) is 12.5 Å². The number of imide groups is 1. The topological polar surface area (TPSA) is 92.9 Å². The highest BCUT2D eigenvalue weighted by atomic mass is 19.1. The van der Waals surface area contributed by atoms with Crippen molar-refractivity contribution in [3.05, 3.63) is 71.0 Å². The molecule has 3 atom stereocenters. The summed E-state index contributed by atoms with van der Waals surface area (Å²) >= 11 is 0. The van der Waals surface area contributed by atoms with Crippen molar-refractivity contribution >= 4 is 17.7 Å². The van der Waals surface area contributed by atoms with Gasteiger partial charge in [-0.1, -0.05) is 24.3 Å². The zero-order chi connectivity index (χ0) is 20.0. The lowest BCUT2D eigenvalue weighted by Gasteiger charge is -2.26. The number of likely N-dealkylation sites (tertiary alicyclic amines) is 1. The molecule has 2 aromatic rings. The monoisotopic (exact) mass is 383 g/mol. The lowest BCUT2D eigenvalue weighted by Crippen LogP contribution is -2.34. The molecule has 7 nitrogen and oxygen atoms in total. The van der Waals surface area contributed by atoms with Crippen LogP contribution in [-0.4, -0.2) is 40.8 Å². The van der Waals surface area contributed by atoms with Crippen LogP contribution in [0.2, 0.25) is 0 Å². The maximum atomic E-state index is 13.4. The molecule has 2 heterocycles. The molecule has 144 valence electrons. The number of fused-ring (bicyclic) bond motifs is 1. The summed E-state index contributed by atoms with van der Waals surface area (Å²) in [6.07, 6.45) is -0.905. The fourth-order valence-electron chi connectivity index (χ4n) is 3.73. The third-order valence-corrected chi connectivity index (χ3v) is 5.20. The van der Waals surface area contributed by atoms with Crippen molar-refractivity contribution in [2.45, 2.75) is 18.7 Å². The first-order valence-electron chi connectivity index (χ1n) is 8.76. The summed E-state index contributed by atoms with van der Waals surface area (Å²) in [6, 6.07) is 11.9. The fourth-order valence-corrected chi connectivity index (χ4v) is 3.73. The zero-order valence-corrected chi connectivity index (χ0v) is 15.0. The molecule has 3 amide bonds. The van der Waals surface area contributed by atoms with E-state index in [1.807, 2.05) is 0 Å². The summed E-state index contributed by atoms with van der Waals surface area (Å²) < 4.78 is 13.4. The van der Waals surface area contributed by atoms with Gasteiger partial charge in [-0.2, -0.15) is 5.06 Å². The van der Waals surface area contributed by atoms with Crippen molar-refractivity contribution in [1.82, 2.24) is 9.96 Å². The first-order valence-corrected chi connectivity index (χ1v) is 8.76. The number of nitrogens with zero attached hydrogens (tertiary/aromatic N) is 2. The highest BCUT2D eigenvalue weighted by molar-refractivity contribution is 6.07. The quantitative estimate of drug-likeness (QED) is 0.806. The molecule has 2 aliphatic heterocycles. The van der Waals surface area contributed by atoms with Crippen LogP contribution in [0.25, 0.3) is 0 Å². The Hall–Kier alpha value is -3.10. The van der Waals surface area contributed by atoms with Gasteiger partial charge < -0.3 is 5.73 Å². The van der Waals surface area contributed by atoms with Crippen molar-refractivity contribution in [1.29, 1.82) is 0 Å². The van der Waals surface area contributed by atoms with Gasteiger partial charge in [0.1, 0.15) is 5.82 Å². The maximum Gasteiger partial charge on any atom is 0.261 e. The Balaban J connectivity index is 1.67. The van der Waals surface area contributed by atoms with Gasteiger partial charge >= 0.3 is 0 Å². The van der Waals surface area contributed by atoms with Crippen LogP contribution < -0.4 is 5.73 Å². The molecule has 0 saturated carbocycles. The molecule has 4 rings (SSSR count). The summed E-state index contributed by atoms with van der Waals surface area (Å²) in [4.78, 5) is 43.2. The largest absolute Gasteiger partial charge is 0.366 e. The SMILES string of the molecule is CN1C(=O)C2ON(Cc3ccc(C(N)=O)cc3)C(c3ccc(F)cc3)C2C1=O. The zero-order valence-electron chi connectivity index (χ0n) is 15.0. The minimum Gasteiger partial charge on any atom is -0.366 e. The predicted octanol–water partition coefficient (Wildman–Crippen LogP) is 1.40. The van der Waals surface area contributed by atoms with E-state index in [0.717, 1.165) is 10.5 Å². The van der Waals surface area contributed by atoms with Gasteiger partial charge in [0, 0.05) is 19.2 Å². The maximum absolute atomic E-state index is 13.4. The molecular weight excluding hydrogens is 365 g/mol. The molecule has 2 aliphatic rings. The van der Waals surface area contributed by atoms with Crippen LogP contribution in [0.5, 0.6) is 0 Å². The Kier molecular flexibility index (Phi) is 4.44. The third kappa shape index (κ3) is 2.96. The molecule has 8 heteroatoms.